The number of carbonyl (C=O) groups excluding carboxylic acids is 1. The highest BCUT2D eigenvalue weighted by atomic mass is 79.9. The van der Waals surface area contributed by atoms with E-state index >= 15 is 0 Å². The Bertz CT molecular complexity index is 643. The van der Waals surface area contributed by atoms with Crippen LogP contribution in [0.3, 0.4) is 0 Å². The monoisotopic (exact) mass is 339 g/mol. The maximum Gasteiger partial charge on any atom is 0.259 e. The maximum absolute atomic E-state index is 12.1. The number of hydrogen-bond donors (Lipinski definition) is 2. The van der Waals surface area contributed by atoms with Crippen molar-refractivity contribution in [3.05, 3.63) is 57.0 Å². The van der Waals surface area contributed by atoms with E-state index in [1.165, 1.54) is 0 Å². The molecule has 0 aromatic heterocycles. The first kappa shape index (κ1) is 13.9. The van der Waals surface area contributed by atoms with Gasteiger partial charge in [0.1, 0.15) is 5.75 Å². The Hall–Kier alpha value is -1.52. The van der Waals surface area contributed by atoms with E-state index < -0.39 is 0 Å². The van der Waals surface area contributed by atoms with Crippen LogP contribution in [0.25, 0.3) is 0 Å². The molecule has 2 N–H and O–H groups in total. The van der Waals surface area contributed by atoms with Crippen molar-refractivity contribution < 1.29 is 9.90 Å². The van der Waals surface area contributed by atoms with Gasteiger partial charge in [-0.2, -0.15) is 0 Å². The number of nitrogens with one attached hydrogen (secondary N) is 1. The molecule has 0 aliphatic heterocycles. The highest BCUT2D eigenvalue weighted by Gasteiger charge is 2.12. The molecule has 0 heterocycles. The summed E-state index contributed by atoms with van der Waals surface area (Å²) in [7, 11) is 0. The molecular weight excluding hydrogens is 330 g/mol. The fourth-order valence-electron chi connectivity index (χ4n) is 1.61. The molecule has 0 atom stereocenters. The van der Waals surface area contributed by atoms with E-state index in [-0.39, 0.29) is 17.2 Å². The molecular formula is C14H11BrClNO2. The highest BCUT2D eigenvalue weighted by Crippen LogP contribution is 2.27. The van der Waals surface area contributed by atoms with Crippen LogP contribution in [0.1, 0.15) is 15.9 Å². The summed E-state index contributed by atoms with van der Waals surface area (Å²) < 4.78 is 0.695. The van der Waals surface area contributed by atoms with E-state index in [2.05, 4.69) is 21.2 Å². The highest BCUT2D eigenvalue weighted by molar-refractivity contribution is 9.10. The zero-order chi connectivity index (χ0) is 14.0. The van der Waals surface area contributed by atoms with E-state index in [9.17, 15) is 9.90 Å². The average molecular weight is 341 g/mol. The third-order valence-corrected chi connectivity index (χ3v) is 3.87. The van der Waals surface area contributed by atoms with Crippen molar-refractivity contribution >= 4 is 39.1 Å². The minimum absolute atomic E-state index is 0.00645. The maximum atomic E-state index is 12.1. The van der Waals surface area contributed by atoms with Gasteiger partial charge in [-0.15, -0.1) is 0 Å². The van der Waals surface area contributed by atoms with Crippen LogP contribution in [0.2, 0.25) is 5.02 Å². The predicted octanol–water partition coefficient (Wildman–Crippen LogP) is 4.37. The molecule has 0 saturated carbocycles. The summed E-state index contributed by atoms with van der Waals surface area (Å²) in [6, 6.07) is 10.1. The van der Waals surface area contributed by atoms with Crippen LogP contribution >= 0.6 is 27.5 Å². The van der Waals surface area contributed by atoms with Crippen molar-refractivity contribution in [1.82, 2.24) is 0 Å². The number of aromatic hydroxyl groups is 1. The Morgan fingerprint density at radius 3 is 2.74 bits per heavy atom. The molecule has 0 bridgehead atoms. The molecule has 98 valence electrons. The number of para-hydroxylation sites is 1. The van der Waals surface area contributed by atoms with E-state index in [1.807, 2.05) is 0 Å². The zero-order valence-electron chi connectivity index (χ0n) is 10.1. The van der Waals surface area contributed by atoms with Crippen LogP contribution in [0.5, 0.6) is 5.75 Å². The number of carbonyl (C=O) groups is 1. The largest absolute Gasteiger partial charge is 0.507 e. The van der Waals surface area contributed by atoms with Crippen molar-refractivity contribution in [3.63, 3.8) is 0 Å². The lowest BCUT2D eigenvalue weighted by Crippen LogP contribution is -2.12. The molecule has 2 aromatic rings. The number of benzene rings is 2. The Balaban J connectivity index is 2.26. The van der Waals surface area contributed by atoms with Crippen molar-refractivity contribution in [3.8, 4) is 5.75 Å². The second-order valence-electron chi connectivity index (χ2n) is 4.05. The number of hydrogen-bond acceptors (Lipinski definition) is 2. The Morgan fingerprint density at radius 2 is 2.05 bits per heavy atom. The molecule has 0 aliphatic rings. The van der Waals surface area contributed by atoms with Crippen molar-refractivity contribution in [2.24, 2.45) is 0 Å². The molecule has 3 nitrogen and oxygen atoms in total. The topological polar surface area (TPSA) is 49.3 Å². The minimum atomic E-state index is -0.365. The van der Waals surface area contributed by atoms with Gasteiger partial charge in [0, 0.05) is 10.2 Å². The smallest absolute Gasteiger partial charge is 0.259 e. The lowest BCUT2D eigenvalue weighted by molar-refractivity contribution is 0.102. The number of aryl methyl sites for hydroxylation is 1. The molecule has 0 unspecified atom stereocenters. The second-order valence-corrected chi connectivity index (χ2v) is 5.32. The van der Waals surface area contributed by atoms with Gasteiger partial charge in [0.05, 0.1) is 10.6 Å². The SMILES string of the molecule is Cc1cccc(C(=O)Nc2ccc(Cl)c(Br)c2)c1O. The Morgan fingerprint density at radius 1 is 1.32 bits per heavy atom. The first-order valence-corrected chi connectivity index (χ1v) is 6.71. The molecule has 2 aromatic carbocycles. The summed E-state index contributed by atoms with van der Waals surface area (Å²) in [4.78, 5) is 12.1. The number of phenols is 1. The second kappa shape index (κ2) is 5.63. The summed E-state index contributed by atoms with van der Waals surface area (Å²) >= 11 is 9.17. The fraction of sp³-hybridized carbons (Fsp3) is 0.0714. The molecule has 0 fully saturated rings. The normalized spacial score (nSPS) is 10.3. The number of phenolic OH excluding ortho intramolecular Hbond substituents is 1. The summed E-state index contributed by atoms with van der Waals surface area (Å²) in [5.74, 6) is -0.372. The van der Waals surface area contributed by atoms with Crippen LogP contribution in [0, 0.1) is 6.92 Å². The van der Waals surface area contributed by atoms with Crippen molar-refractivity contribution in [2.45, 2.75) is 6.92 Å². The lowest BCUT2D eigenvalue weighted by atomic mass is 10.1. The van der Waals surface area contributed by atoms with Gasteiger partial charge in [-0.3, -0.25) is 4.79 Å². The van der Waals surface area contributed by atoms with Gasteiger partial charge < -0.3 is 10.4 Å². The van der Waals surface area contributed by atoms with Gasteiger partial charge in [-0.1, -0.05) is 23.7 Å². The molecule has 2 rings (SSSR count). The standard InChI is InChI=1S/C14H11BrClNO2/c1-8-3-2-4-10(13(8)18)14(19)17-9-5-6-12(16)11(15)7-9/h2-7,18H,1H3,(H,17,19). The van der Waals surface area contributed by atoms with Crippen LogP contribution in [0.15, 0.2) is 40.9 Å². The average Bonchev–Trinajstić information content (AvgIpc) is 2.37. The number of rotatable bonds is 2. The van der Waals surface area contributed by atoms with Gasteiger partial charge in [-0.25, -0.2) is 0 Å². The third kappa shape index (κ3) is 3.08. The molecule has 1 amide bonds. The molecule has 0 spiro atoms. The van der Waals surface area contributed by atoms with Gasteiger partial charge in [-0.05, 0) is 52.7 Å². The summed E-state index contributed by atoms with van der Waals surface area (Å²) in [5.41, 5.74) is 1.50. The van der Waals surface area contributed by atoms with Crippen LogP contribution in [0.4, 0.5) is 5.69 Å². The van der Waals surface area contributed by atoms with Crippen LogP contribution < -0.4 is 5.32 Å². The minimum Gasteiger partial charge on any atom is -0.507 e. The van der Waals surface area contributed by atoms with Gasteiger partial charge in [0.25, 0.3) is 5.91 Å². The van der Waals surface area contributed by atoms with E-state index in [0.29, 0.717) is 20.7 Å². The first-order chi connectivity index (χ1) is 8.99. The Kier molecular flexibility index (Phi) is 4.12. The fourth-order valence-corrected chi connectivity index (χ4v) is 2.11. The predicted molar refractivity (Wildman–Crippen MR) is 79.9 cm³/mol. The number of halogens is 2. The van der Waals surface area contributed by atoms with E-state index in [0.717, 1.165) is 0 Å². The van der Waals surface area contributed by atoms with Gasteiger partial charge >= 0.3 is 0 Å². The molecule has 0 saturated heterocycles. The van der Waals surface area contributed by atoms with E-state index in [4.69, 9.17) is 11.6 Å². The molecule has 0 aliphatic carbocycles. The third-order valence-electron chi connectivity index (χ3n) is 2.66. The molecule has 5 heteroatoms. The first-order valence-electron chi connectivity index (χ1n) is 5.54. The zero-order valence-corrected chi connectivity index (χ0v) is 12.4. The Labute approximate surface area is 124 Å². The lowest BCUT2D eigenvalue weighted by Gasteiger charge is -2.09. The quantitative estimate of drug-likeness (QED) is 0.853. The number of anilines is 1. The van der Waals surface area contributed by atoms with Gasteiger partial charge in [0.2, 0.25) is 0 Å². The van der Waals surface area contributed by atoms with E-state index in [1.54, 1.807) is 43.3 Å². The molecule has 19 heavy (non-hydrogen) atoms. The van der Waals surface area contributed by atoms with Crippen LogP contribution in [-0.4, -0.2) is 11.0 Å². The summed E-state index contributed by atoms with van der Waals surface area (Å²) in [6.45, 7) is 1.74. The summed E-state index contributed by atoms with van der Waals surface area (Å²) in [5, 5.41) is 13.1. The number of amides is 1. The summed E-state index contributed by atoms with van der Waals surface area (Å²) in [6.07, 6.45) is 0. The van der Waals surface area contributed by atoms with Crippen molar-refractivity contribution in [2.75, 3.05) is 5.32 Å². The van der Waals surface area contributed by atoms with Crippen LogP contribution in [-0.2, 0) is 0 Å². The van der Waals surface area contributed by atoms with Crippen molar-refractivity contribution in [1.29, 1.82) is 0 Å². The molecule has 0 radical (unpaired) electrons. The van der Waals surface area contributed by atoms with Gasteiger partial charge in [0.15, 0.2) is 0 Å².